The Hall–Kier alpha value is -2.62. The molecule has 0 amide bonds. The molecule has 32 heavy (non-hydrogen) atoms. The van der Waals surface area contributed by atoms with Crippen molar-refractivity contribution in [2.24, 2.45) is 0 Å². The third-order valence-corrected chi connectivity index (χ3v) is 7.35. The van der Waals surface area contributed by atoms with Gasteiger partial charge < -0.3 is 18.6 Å². The summed E-state index contributed by atoms with van der Waals surface area (Å²) >= 11 is -0.297. The molecule has 0 saturated carbocycles. The molecule has 1 atom stereocenters. The van der Waals surface area contributed by atoms with Crippen LogP contribution in [-0.4, -0.2) is 49.5 Å². The van der Waals surface area contributed by atoms with Gasteiger partial charge in [-0.2, -0.15) is 0 Å². The Morgan fingerprint density at radius 2 is 1.75 bits per heavy atom. The number of rotatable bonds is 8. The van der Waals surface area contributed by atoms with Crippen molar-refractivity contribution >= 4 is 27.4 Å². The smallest absolute Gasteiger partial charge is 0.241 e. The summed E-state index contributed by atoms with van der Waals surface area (Å²) in [5, 5.41) is 1.62. The van der Waals surface area contributed by atoms with E-state index in [0.717, 1.165) is 49.2 Å². The maximum atomic E-state index is 13.3. The van der Waals surface area contributed by atoms with E-state index >= 15 is 0 Å². The Balaban J connectivity index is 1.31. The quantitative estimate of drug-likeness (QED) is 0.483. The predicted molar refractivity (Wildman–Crippen MR) is 125 cm³/mol. The number of ether oxygens (including phenoxy) is 2. The number of methoxy groups -OCH3 is 2. The zero-order valence-corrected chi connectivity index (χ0v) is 19.6. The van der Waals surface area contributed by atoms with Gasteiger partial charge in [0, 0.05) is 32.7 Å². The first-order valence-corrected chi connectivity index (χ1v) is 12.1. The molecule has 3 aromatic rings. The second kappa shape index (κ2) is 10.3. The highest BCUT2D eigenvalue weighted by Gasteiger charge is 2.20. The first kappa shape index (κ1) is 22.6. The molecule has 1 unspecified atom stereocenters. The van der Waals surface area contributed by atoms with Gasteiger partial charge in [-0.05, 0) is 48.0 Å². The molecule has 6 nitrogen and oxygen atoms in total. The van der Waals surface area contributed by atoms with Crippen LogP contribution in [0.3, 0.4) is 0 Å². The van der Waals surface area contributed by atoms with E-state index in [-0.39, 0.29) is 0 Å². The minimum Gasteiger partial charge on any atom is -0.493 e. The summed E-state index contributed by atoms with van der Waals surface area (Å²) in [7, 11) is 3.28. The van der Waals surface area contributed by atoms with Crippen molar-refractivity contribution in [1.29, 1.82) is 0 Å². The molecule has 0 N–H and O–H groups in total. The Labute approximate surface area is 193 Å². The Morgan fingerprint density at radius 3 is 2.47 bits per heavy atom. The van der Waals surface area contributed by atoms with Crippen LogP contribution in [0.25, 0.3) is 0 Å². The molecule has 1 aliphatic rings. The number of anilines is 1. The predicted octanol–water partition coefficient (Wildman–Crippen LogP) is 4.33. The van der Waals surface area contributed by atoms with E-state index in [1.54, 1.807) is 20.3 Å². The number of benzene rings is 2. The molecule has 2 heterocycles. The van der Waals surface area contributed by atoms with Crippen LogP contribution in [-0.2, 0) is 17.6 Å². The van der Waals surface area contributed by atoms with Gasteiger partial charge in [-0.25, -0.2) is 8.60 Å². The molecule has 9 heteroatoms. The third kappa shape index (κ3) is 5.40. The number of hydrogen-bond acceptors (Lipinski definition) is 7. The van der Waals surface area contributed by atoms with Crippen molar-refractivity contribution in [3.8, 4) is 16.6 Å². The number of thiophene rings is 1. The first-order valence-electron chi connectivity index (χ1n) is 10.2. The minimum atomic E-state index is -1.75. The number of nitrogens with zero attached hydrogens (tertiary/aromatic N) is 2. The summed E-state index contributed by atoms with van der Waals surface area (Å²) in [6.45, 7) is 4.48. The van der Waals surface area contributed by atoms with Gasteiger partial charge in [-0.15, -0.1) is 0 Å². The van der Waals surface area contributed by atoms with Gasteiger partial charge in [0.05, 0.1) is 24.1 Å². The van der Waals surface area contributed by atoms with Crippen LogP contribution in [0.5, 0.6) is 16.6 Å². The summed E-state index contributed by atoms with van der Waals surface area (Å²) in [4.78, 5) is 5.01. The van der Waals surface area contributed by atoms with Crippen LogP contribution in [0.1, 0.15) is 5.56 Å². The van der Waals surface area contributed by atoms with Gasteiger partial charge in [-0.3, -0.25) is 4.90 Å². The van der Waals surface area contributed by atoms with Crippen molar-refractivity contribution in [1.82, 2.24) is 4.90 Å². The summed E-state index contributed by atoms with van der Waals surface area (Å²) in [6, 6.07) is 15.5. The van der Waals surface area contributed by atoms with Gasteiger partial charge >= 0.3 is 0 Å². The highest BCUT2D eigenvalue weighted by atomic mass is 32.2. The molecule has 1 aromatic heterocycles. The zero-order valence-electron chi connectivity index (χ0n) is 18.0. The van der Waals surface area contributed by atoms with Crippen LogP contribution in [0.15, 0.2) is 59.5 Å². The molecule has 4 rings (SSSR count). The molecule has 1 aliphatic heterocycles. The largest absolute Gasteiger partial charge is 0.493 e. The second-order valence-corrected chi connectivity index (χ2v) is 9.45. The minimum absolute atomic E-state index is 0.309. The van der Waals surface area contributed by atoms with E-state index in [9.17, 15) is 8.60 Å². The molecule has 0 spiro atoms. The van der Waals surface area contributed by atoms with Gasteiger partial charge in [0.15, 0.2) is 16.6 Å². The maximum absolute atomic E-state index is 13.3. The summed E-state index contributed by atoms with van der Waals surface area (Å²) in [6.07, 6.45) is 0. The fourth-order valence-electron chi connectivity index (χ4n) is 3.58. The number of piperazine rings is 1. The van der Waals surface area contributed by atoms with Crippen molar-refractivity contribution in [3.63, 3.8) is 0 Å². The van der Waals surface area contributed by atoms with Gasteiger partial charge in [-0.1, -0.05) is 23.5 Å². The number of halogens is 1. The van der Waals surface area contributed by atoms with Crippen LogP contribution in [0, 0.1) is 5.82 Å². The summed E-state index contributed by atoms with van der Waals surface area (Å²) < 4.78 is 41.9. The standard InChI is InChI=1S/C23H25FN2O4S2/c1-28-20-7-6-17(14-21(20)29-2)16-25-10-12-26(13-11-25)22-8-9-23(31-22)30-32(27)19-5-3-4-18(24)15-19/h3-9,14-15H,10-13,16H2,1-2H3. The topological polar surface area (TPSA) is 51.2 Å². The fourth-order valence-corrected chi connectivity index (χ4v) is 5.39. The van der Waals surface area contributed by atoms with Gasteiger partial charge in [0.1, 0.15) is 5.82 Å². The summed E-state index contributed by atoms with van der Waals surface area (Å²) in [5.41, 5.74) is 1.18. The lowest BCUT2D eigenvalue weighted by atomic mass is 10.1. The molecule has 0 bridgehead atoms. The van der Waals surface area contributed by atoms with Crippen LogP contribution in [0.4, 0.5) is 9.39 Å². The molecule has 170 valence electrons. The van der Waals surface area contributed by atoms with E-state index in [0.29, 0.717) is 9.96 Å². The molecule has 0 aliphatic carbocycles. The second-order valence-electron chi connectivity index (χ2n) is 7.32. The van der Waals surface area contributed by atoms with Crippen molar-refractivity contribution < 1.29 is 22.3 Å². The molecule has 2 aromatic carbocycles. The number of hydrogen-bond donors (Lipinski definition) is 0. The van der Waals surface area contributed by atoms with E-state index in [2.05, 4.69) is 15.9 Å². The molecule has 1 fully saturated rings. The van der Waals surface area contributed by atoms with Gasteiger partial charge in [0.25, 0.3) is 0 Å². The first-order chi connectivity index (χ1) is 15.6. The summed E-state index contributed by atoms with van der Waals surface area (Å²) in [5.74, 6) is 1.04. The molecular formula is C23H25FN2O4S2. The highest BCUT2D eigenvalue weighted by Crippen LogP contribution is 2.34. The third-order valence-electron chi connectivity index (χ3n) is 5.25. The van der Waals surface area contributed by atoms with Gasteiger partial charge in [0.2, 0.25) is 11.1 Å². The Bertz CT molecular complexity index is 1080. The Kier molecular flexibility index (Phi) is 7.29. The monoisotopic (exact) mass is 476 g/mol. The lowest BCUT2D eigenvalue weighted by Gasteiger charge is -2.35. The maximum Gasteiger partial charge on any atom is 0.241 e. The van der Waals surface area contributed by atoms with Crippen molar-refractivity contribution in [2.75, 3.05) is 45.3 Å². The van der Waals surface area contributed by atoms with E-state index in [1.807, 2.05) is 24.3 Å². The molecule has 0 radical (unpaired) electrons. The lowest BCUT2D eigenvalue weighted by molar-refractivity contribution is 0.249. The van der Waals surface area contributed by atoms with Crippen LogP contribution < -0.4 is 18.6 Å². The van der Waals surface area contributed by atoms with E-state index in [4.69, 9.17) is 13.7 Å². The van der Waals surface area contributed by atoms with E-state index < -0.39 is 16.9 Å². The van der Waals surface area contributed by atoms with E-state index in [1.165, 1.54) is 35.1 Å². The van der Waals surface area contributed by atoms with Crippen molar-refractivity contribution in [2.45, 2.75) is 11.4 Å². The fraction of sp³-hybridized carbons (Fsp3) is 0.304. The molecule has 1 saturated heterocycles. The highest BCUT2D eigenvalue weighted by molar-refractivity contribution is 7.80. The average molecular weight is 477 g/mol. The SMILES string of the molecule is COc1ccc(CN2CCN(c3ccc(OS(=O)c4cccc(F)c4)s3)CC2)cc1OC. The van der Waals surface area contributed by atoms with Crippen molar-refractivity contribution in [3.05, 3.63) is 66.0 Å². The lowest BCUT2D eigenvalue weighted by Crippen LogP contribution is -2.45. The van der Waals surface area contributed by atoms with Crippen LogP contribution in [0.2, 0.25) is 0 Å². The average Bonchev–Trinajstić information content (AvgIpc) is 3.28. The Morgan fingerprint density at radius 1 is 0.969 bits per heavy atom. The van der Waals surface area contributed by atoms with Crippen LogP contribution >= 0.6 is 11.3 Å². The normalized spacial score (nSPS) is 15.4. The zero-order chi connectivity index (χ0) is 22.5. The molecular weight excluding hydrogens is 451 g/mol.